The Labute approximate surface area is 130 Å². The second-order valence-electron chi connectivity index (χ2n) is 5.44. The van der Waals surface area contributed by atoms with Crippen LogP contribution in [0.3, 0.4) is 0 Å². The second kappa shape index (κ2) is 7.01. The average Bonchev–Trinajstić information content (AvgIpc) is 2.38. The molecule has 1 rings (SSSR count). The first-order valence-corrected chi connectivity index (χ1v) is 8.36. The summed E-state index contributed by atoms with van der Waals surface area (Å²) in [6.07, 6.45) is 2.17. The van der Waals surface area contributed by atoms with E-state index in [0.717, 1.165) is 12.4 Å². The van der Waals surface area contributed by atoms with Crippen LogP contribution in [-0.4, -0.2) is 36.5 Å². The zero-order valence-electron chi connectivity index (χ0n) is 13.2. The number of nitrogens with two attached hydrogens (primary N) is 1. The minimum Gasteiger partial charge on any atom is -0.466 e. The van der Waals surface area contributed by atoms with Crippen LogP contribution in [0, 0.1) is 5.92 Å². The van der Waals surface area contributed by atoms with Gasteiger partial charge in [-0.2, -0.15) is 0 Å². The Balaban J connectivity index is 3.03. The highest BCUT2D eigenvalue weighted by atomic mass is 32.2. The summed E-state index contributed by atoms with van der Waals surface area (Å²) < 4.78 is 32.3. The maximum absolute atomic E-state index is 12.4. The van der Waals surface area contributed by atoms with Gasteiger partial charge >= 0.3 is 5.97 Å². The van der Waals surface area contributed by atoms with Gasteiger partial charge in [-0.15, -0.1) is 0 Å². The van der Waals surface area contributed by atoms with E-state index in [2.05, 4.69) is 14.7 Å². The number of rotatable bonds is 7. The molecule has 8 nitrogen and oxygen atoms in total. The average molecular weight is 330 g/mol. The maximum Gasteiger partial charge on any atom is 0.307 e. The van der Waals surface area contributed by atoms with Crippen LogP contribution in [0.5, 0.6) is 0 Å². The van der Waals surface area contributed by atoms with Crippen molar-refractivity contribution in [2.45, 2.75) is 44.6 Å². The van der Waals surface area contributed by atoms with Crippen LogP contribution >= 0.6 is 0 Å². The molecule has 1 aromatic heterocycles. The number of nitrogens with one attached hydrogen (secondary N) is 1. The molecule has 0 saturated carbocycles. The quantitative estimate of drug-likeness (QED) is 0.705. The molecule has 0 aliphatic heterocycles. The van der Waals surface area contributed by atoms with E-state index in [0.29, 0.717) is 0 Å². The van der Waals surface area contributed by atoms with Crippen molar-refractivity contribution in [2.24, 2.45) is 5.92 Å². The summed E-state index contributed by atoms with van der Waals surface area (Å²) >= 11 is 0. The molecule has 0 fully saturated rings. The van der Waals surface area contributed by atoms with Crippen LogP contribution < -0.4 is 10.5 Å². The lowest BCUT2D eigenvalue weighted by molar-refractivity contribution is -0.145. The molecule has 0 radical (unpaired) electrons. The lowest BCUT2D eigenvalue weighted by Crippen LogP contribution is -2.51. The topological polar surface area (TPSA) is 124 Å². The van der Waals surface area contributed by atoms with E-state index in [4.69, 9.17) is 10.5 Å². The molecule has 3 N–H and O–H groups in total. The number of nitrogen functional groups attached to an aromatic ring is 1. The number of carbonyl (C=O) groups is 1. The van der Waals surface area contributed by atoms with Crippen LogP contribution in [0.25, 0.3) is 0 Å². The lowest BCUT2D eigenvalue weighted by atomic mass is 9.86. The van der Waals surface area contributed by atoms with Gasteiger partial charge in [-0.1, -0.05) is 13.8 Å². The molecular formula is C13H22N4O4S. The number of nitrogens with zero attached hydrogens (tertiary/aromatic N) is 2. The van der Waals surface area contributed by atoms with Gasteiger partial charge in [0.1, 0.15) is 4.90 Å². The Morgan fingerprint density at radius 2 is 1.95 bits per heavy atom. The van der Waals surface area contributed by atoms with Gasteiger partial charge in [0, 0.05) is 5.54 Å². The molecular weight excluding hydrogens is 308 g/mol. The number of carbonyl (C=O) groups excluding carboxylic acids is 1. The molecule has 1 atom stereocenters. The van der Waals surface area contributed by atoms with Crippen molar-refractivity contribution in [1.82, 2.24) is 14.7 Å². The summed E-state index contributed by atoms with van der Waals surface area (Å²) in [7, 11) is -3.88. The molecule has 124 valence electrons. The van der Waals surface area contributed by atoms with Gasteiger partial charge in [0.25, 0.3) is 0 Å². The van der Waals surface area contributed by atoms with Gasteiger partial charge in [0.2, 0.25) is 16.0 Å². The molecule has 0 amide bonds. The van der Waals surface area contributed by atoms with E-state index in [9.17, 15) is 13.2 Å². The van der Waals surface area contributed by atoms with Crippen LogP contribution in [0.2, 0.25) is 0 Å². The molecule has 0 aliphatic carbocycles. The van der Waals surface area contributed by atoms with Gasteiger partial charge in [-0.3, -0.25) is 4.79 Å². The number of anilines is 1. The largest absolute Gasteiger partial charge is 0.466 e. The Hall–Kier alpha value is -1.74. The number of hydrogen-bond acceptors (Lipinski definition) is 7. The molecule has 1 aromatic rings. The highest BCUT2D eigenvalue weighted by molar-refractivity contribution is 7.89. The van der Waals surface area contributed by atoms with Crippen LogP contribution in [0.15, 0.2) is 17.3 Å². The minimum atomic E-state index is -3.88. The molecule has 1 heterocycles. The van der Waals surface area contributed by atoms with E-state index >= 15 is 0 Å². The monoisotopic (exact) mass is 330 g/mol. The Bertz CT molecular complexity index is 615. The summed E-state index contributed by atoms with van der Waals surface area (Å²) in [6.45, 7) is 7.23. The molecule has 0 aliphatic rings. The Morgan fingerprint density at radius 3 is 2.41 bits per heavy atom. The van der Waals surface area contributed by atoms with Crippen LogP contribution in [-0.2, 0) is 19.6 Å². The predicted octanol–water partition coefficient (Wildman–Crippen LogP) is 0.705. The normalized spacial score (nSPS) is 14.6. The molecule has 0 spiro atoms. The highest BCUT2D eigenvalue weighted by Crippen LogP contribution is 2.24. The third-order valence-corrected chi connectivity index (χ3v) is 4.98. The van der Waals surface area contributed by atoms with Crippen molar-refractivity contribution in [3.63, 3.8) is 0 Å². The number of ether oxygens (including phenoxy) is 1. The fourth-order valence-corrected chi connectivity index (χ4v) is 3.12. The second-order valence-corrected chi connectivity index (χ2v) is 7.12. The molecule has 0 saturated heterocycles. The molecule has 22 heavy (non-hydrogen) atoms. The van der Waals surface area contributed by atoms with Crippen molar-refractivity contribution in [1.29, 1.82) is 0 Å². The fraction of sp³-hybridized carbons (Fsp3) is 0.615. The number of hydrogen-bond donors (Lipinski definition) is 2. The van der Waals surface area contributed by atoms with E-state index in [-0.39, 0.29) is 29.8 Å². The van der Waals surface area contributed by atoms with Gasteiger partial charge in [-0.25, -0.2) is 23.1 Å². The number of sulfonamides is 1. The van der Waals surface area contributed by atoms with E-state index in [1.807, 2.05) is 13.8 Å². The first-order valence-electron chi connectivity index (χ1n) is 6.88. The van der Waals surface area contributed by atoms with Crippen molar-refractivity contribution in [2.75, 3.05) is 12.3 Å². The summed E-state index contributed by atoms with van der Waals surface area (Å²) in [5.41, 5.74) is 4.35. The summed E-state index contributed by atoms with van der Waals surface area (Å²) in [6, 6.07) is 0. The van der Waals surface area contributed by atoms with E-state index < -0.39 is 21.5 Å². The van der Waals surface area contributed by atoms with Crippen molar-refractivity contribution in [3.8, 4) is 0 Å². The smallest absolute Gasteiger partial charge is 0.307 e. The minimum absolute atomic E-state index is 0.0166. The maximum atomic E-state index is 12.4. The van der Waals surface area contributed by atoms with Crippen molar-refractivity contribution >= 4 is 21.9 Å². The molecule has 0 aromatic carbocycles. The third kappa shape index (κ3) is 4.63. The number of aromatic nitrogens is 2. The highest BCUT2D eigenvalue weighted by Gasteiger charge is 2.36. The molecule has 0 bridgehead atoms. The van der Waals surface area contributed by atoms with Gasteiger partial charge in [-0.05, 0) is 19.8 Å². The fourth-order valence-electron chi connectivity index (χ4n) is 1.70. The van der Waals surface area contributed by atoms with Crippen LogP contribution in [0.1, 0.15) is 34.1 Å². The summed E-state index contributed by atoms with van der Waals surface area (Å²) in [4.78, 5) is 19.0. The zero-order valence-corrected chi connectivity index (χ0v) is 14.0. The first-order chi connectivity index (χ1) is 10.1. The number of esters is 1. The zero-order chi connectivity index (χ0) is 17.0. The third-order valence-electron chi connectivity index (χ3n) is 3.42. The van der Waals surface area contributed by atoms with Gasteiger partial charge in [0.05, 0.1) is 25.4 Å². The van der Waals surface area contributed by atoms with Crippen molar-refractivity contribution in [3.05, 3.63) is 12.4 Å². The van der Waals surface area contributed by atoms with Gasteiger partial charge in [0.15, 0.2) is 0 Å². The Kier molecular flexibility index (Phi) is 5.84. The predicted molar refractivity (Wildman–Crippen MR) is 81.3 cm³/mol. The molecule has 1 unspecified atom stereocenters. The Morgan fingerprint density at radius 1 is 1.41 bits per heavy atom. The van der Waals surface area contributed by atoms with E-state index in [1.165, 1.54) is 0 Å². The SMILES string of the molecule is CCOC(=O)CC(C)(NS(=O)(=O)c1cnc(N)nc1)C(C)C. The van der Waals surface area contributed by atoms with E-state index in [1.54, 1.807) is 13.8 Å². The van der Waals surface area contributed by atoms with Crippen molar-refractivity contribution < 1.29 is 17.9 Å². The summed E-state index contributed by atoms with van der Waals surface area (Å²) in [5.74, 6) is -0.617. The standard InChI is InChI=1S/C13H22N4O4S/c1-5-21-11(18)6-13(4,9(2)3)17-22(19,20)10-7-15-12(14)16-8-10/h7-9,17H,5-6H2,1-4H3,(H2,14,15,16). The molecule has 9 heteroatoms. The van der Waals surface area contributed by atoms with Gasteiger partial charge < -0.3 is 10.5 Å². The lowest BCUT2D eigenvalue weighted by Gasteiger charge is -2.33. The van der Waals surface area contributed by atoms with Crippen LogP contribution in [0.4, 0.5) is 5.95 Å². The first kappa shape index (κ1) is 18.3. The summed E-state index contributed by atoms with van der Waals surface area (Å²) in [5, 5.41) is 0.